The predicted octanol–water partition coefficient (Wildman–Crippen LogP) is 5.69. The molecule has 0 radical (unpaired) electrons. The Morgan fingerprint density at radius 2 is 1.73 bits per heavy atom. The number of nitrogens with two attached hydrogens (primary N) is 1. The molecule has 8 heteroatoms. The second-order valence-electron chi connectivity index (χ2n) is 10.9. The van der Waals surface area contributed by atoms with Crippen LogP contribution in [0, 0.1) is 0 Å². The first kappa shape index (κ1) is 28.5. The van der Waals surface area contributed by atoms with Gasteiger partial charge in [0.25, 0.3) is 5.91 Å². The van der Waals surface area contributed by atoms with E-state index in [0.29, 0.717) is 60.3 Å². The molecule has 2 amide bonds. The fourth-order valence-corrected chi connectivity index (χ4v) is 7.11. The summed E-state index contributed by atoms with van der Waals surface area (Å²) in [4.78, 5) is 31.4. The smallest absolute Gasteiger partial charge is 0.254 e. The summed E-state index contributed by atoms with van der Waals surface area (Å²) in [6.45, 7) is 4.71. The Kier molecular flexibility index (Phi) is 8.14. The summed E-state index contributed by atoms with van der Waals surface area (Å²) in [5.41, 5.74) is 7.44. The van der Waals surface area contributed by atoms with E-state index in [4.69, 9.17) is 33.7 Å². The van der Waals surface area contributed by atoms with Gasteiger partial charge in [-0.3, -0.25) is 14.5 Å². The highest BCUT2D eigenvalue weighted by molar-refractivity contribution is 6.42. The molecule has 5 rings (SSSR count). The number of methoxy groups -OCH3 is 1. The zero-order valence-electron chi connectivity index (χ0n) is 22.9. The number of rotatable bonds is 7. The van der Waals surface area contributed by atoms with Crippen LogP contribution in [0.15, 0.2) is 72.8 Å². The number of carbonyl (C=O) groups excluding carboxylic acids is 2. The van der Waals surface area contributed by atoms with Gasteiger partial charge in [0.1, 0.15) is 5.75 Å². The van der Waals surface area contributed by atoms with Crippen LogP contribution in [-0.4, -0.2) is 60.9 Å². The molecule has 2 N–H and O–H groups in total. The maximum atomic E-state index is 13.8. The van der Waals surface area contributed by atoms with Gasteiger partial charge in [-0.1, -0.05) is 72.6 Å². The van der Waals surface area contributed by atoms with Gasteiger partial charge >= 0.3 is 0 Å². The minimum Gasteiger partial charge on any atom is -0.497 e. The molecule has 0 aliphatic carbocycles. The first-order valence-corrected chi connectivity index (χ1v) is 14.5. The third-order valence-corrected chi connectivity index (χ3v) is 9.79. The van der Waals surface area contributed by atoms with Crippen molar-refractivity contribution in [3.63, 3.8) is 0 Å². The fraction of sp³-hybridized carbons (Fsp3) is 0.375. The second kappa shape index (κ2) is 11.4. The van der Waals surface area contributed by atoms with Crippen molar-refractivity contribution in [2.75, 3.05) is 33.3 Å². The van der Waals surface area contributed by atoms with Crippen molar-refractivity contribution in [1.29, 1.82) is 0 Å². The second-order valence-corrected chi connectivity index (χ2v) is 11.7. The van der Waals surface area contributed by atoms with Crippen LogP contribution in [0.3, 0.4) is 0 Å². The number of hydrogen-bond donors (Lipinski definition) is 1. The molecule has 2 fully saturated rings. The van der Waals surface area contributed by atoms with E-state index in [1.165, 1.54) is 0 Å². The van der Waals surface area contributed by atoms with Gasteiger partial charge in [-0.05, 0) is 73.8 Å². The molecule has 3 unspecified atom stereocenters. The van der Waals surface area contributed by atoms with E-state index < -0.39 is 10.8 Å². The van der Waals surface area contributed by atoms with Crippen LogP contribution in [0.5, 0.6) is 5.75 Å². The zero-order valence-corrected chi connectivity index (χ0v) is 24.4. The maximum absolute atomic E-state index is 13.8. The number of halogens is 2. The lowest BCUT2D eigenvalue weighted by Gasteiger charge is -2.52. The molecule has 0 aromatic heterocycles. The van der Waals surface area contributed by atoms with Crippen LogP contribution < -0.4 is 10.5 Å². The Balaban J connectivity index is 1.60. The topological polar surface area (TPSA) is 75.9 Å². The lowest BCUT2D eigenvalue weighted by molar-refractivity contribution is -0.127. The van der Waals surface area contributed by atoms with Crippen LogP contribution in [0.2, 0.25) is 10.0 Å². The predicted molar refractivity (Wildman–Crippen MR) is 159 cm³/mol. The molecule has 6 nitrogen and oxygen atoms in total. The molecule has 40 heavy (non-hydrogen) atoms. The van der Waals surface area contributed by atoms with Crippen molar-refractivity contribution in [3.8, 4) is 5.75 Å². The largest absolute Gasteiger partial charge is 0.497 e. The van der Waals surface area contributed by atoms with E-state index in [-0.39, 0.29) is 17.9 Å². The summed E-state index contributed by atoms with van der Waals surface area (Å²) in [7, 11) is 1.59. The van der Waals surface area contributed by atoms with Gasteiger partial charge in [0, 0.05) is 30.1 Å². The van der Waals surface area contributed by atoms with Crippen LogP contribution in [0.25, 0.3) is 0 Å². The number of likely N-dealkylation sites (tertiary alicyclic amines) is 2. The number of piperidine rings is 1. The van der Waals surface area contributed by atoms with E-state index in [0.717, 1.165) is 17.7 Å². The van der Waals surface area contributed by atoms with Crippen LogP contribution >= 0.6 is 23.2 Å². The summed E-state index contributed by atoms with van der Waals surface area (Å²) in [5.74, 6) is 0.273. The van der Waals surface area contributed by atoms with Crippen molar-refractivity contribution in [2.45, 2.75) is 43.1 Å². The van der Waals surface area contributed by atoms with Gasteiger partial charge in [-0.15, -0.1) is 0 Å². The normalized spacial score (nSPS) is 25.1. The Morgan fingerprint density at radius 1 is 0.950 bits per heavy atom. The molecule has 2 aliphatic rings. The van der Waals surface area contributed by atoms with Gasteiger partial charge in [0.15, 0.2) is 0 Å². The van der Waals surface area contributed by atoms with E-state index in [1.807, 2.05) is 71.6 Å². The van der Waals surface area contributed by atoms with Gasteiger partial charge in [-0.2, -0.15) is 0 Å². The molecule has 2 aliphatic heterocycles. The lowest BCUT2D eigenvalue weighted by atomic mass is 9.61. The van der Waals surface area contributed by atoms with E-state index >= 15 is 0 Å². The minimum atomic E-state index is -0.814. The van der Waals surface area contributed by atoms with Crippen molar-refractivity contribution in [2.24, 2.45) is 5.73 Å². The molecule has 2 heterocycles. The summed E-state index contributed by atoms with van der Waals surface area (Å²) < 4.78 is 5.37. The molecule has 0 bridgehead atoms. The molecule has 2 saturated heterocycles. The fourth-order valence-electron chi connectivity index (χ4n) is 6.81. The van der Waals surface area contributed by atoms with Crippen molar-refractivity contribution < 1.29 is 14.3 Å². The molecule has 3 atom stereocenters. The van der Waals surface area contributed by atoms with Gasteiger partial charge in [-0.25, -0.2) is 0 Å². The molecule has 3 aromatic carbocycles. The Morgan fingerprint density at radius 3 is 2.40 bits per heavy atom. The molecule has 3 aromatic rings. The average Bonchev–Trinajstić information content (AvgIpc) is 3.44. The van der Waals surface area contributed by atoms with Crippen molar-refractivity contribution in [3.05, 3.63) is 99.5 Å². The molecule has 210 valence electrons. The third kappa shape index (κ3) is 4.98. The number of benzene rings is 3. The van der Waals surface area contributed by atoms with E-state index in [9.17, 15) is 9.59 Å². The molecule has 0 saturated carbocycles. The summed E-state index contributed by atoms with van der Waals surface area (Å²) >= 11 is 12.9. The highest BCUT2D eigenvalue weighted by atomic mass is 35.5. The first-order chi connectivity index (χ1) is 19.2. The van der Waals surface area contributed by atoms with Gasteiger partial charge in [0.2, 0.25) is 5.91 Å². The highest BCUT2D eigenvalue weighted by Crippen LogP contribution is 2.49. The summed E-state index contributed by atoms with van der Waals surface area (Å²) in [5, 5.41) is 0.953. The monoisotopic (exact) mass is 579 g/mol. The van der Waals surface area contributed by atoms with E-state index in [2.05, 4.69) is 11.8 Å². The Bertz CT molecular complexity index is 1400. The SMILES string of the molecule is CCN1CCC(C(N)=O)(c2ccccc2)CC1C1(c2ccc(Cl)c(Cl)c2)CCN(C(=O)c2cccc(OC)c2)C1. The number of ether oxygens (including phenoxy) is 1. The lowest BCUT2D eigenvalue weighted by Crippen LogP contribution is -2.61. The highest BCUT2D eigenvalue weighted by Gasteiger charge is 2.55. The summed E-state index contributed by atoms with van der Waals surface area (Å²) in [6, 6.07) is 22.8. The number of hydrogen-bond acceptors (Lipinski definition) is 4. The van der Waals surface area contributed by atoms with E-state index in [1.54, 1.807) is 13.2 Å². The van der Waals surface area contributed by atoms with Crippen LogP contribution in [-0.2, 0) is 15.6 Å². The quantitative estimate of drug-likeness (QED) is 0.390. The average molecular weight is 581 g/mol. The van der Waals surface area contributed by atoms with Gasteiger partial charge in [0.05, 0.1) is 22.6 Å². The van der Waals surface area contributed by atoms with Crippen molar-refractivity contribution >= 4 is 35.0 Å². The summed E-state index contributed by atoms with van der Waals surface area (Å²) in [6.07, 6.45) is 1.90. The van der Waals surface area contributed by atoms with Gasteiger partial charge < -0.3 is 15.4 Å². The van der Waals surface area contributed by atoms with Crippen molar-refractivity contribution in [1.82, 2.24) is 9.80 Å². The first-order valence-electron chi connectivity index (χ1n) is 13.7. The standard InChI is InChI=1S/C32H35Cl2N3O3/c1-3-36-16-14-31(30(35)39,23-9-5-4-6-10-23)20-28(36)32(24-12-13-26(33)27(34)19-24)15-17-37(21-32)29(38)22-8-7-11-25(18-22)40-2/h4-13,18-19,28H,3,14-17,20-21H2,1-2H3,(H2,35,39). The third-order valence-electron chi connectivity index (χ3n) is 9.05. The Labute approximate surface area is 246 Å². The Hall–Kier alpha value is -3.06. The number of likely N-dealkylation sites (N-methyl/N-ethyl adjacent to an activating group) is 1. The molecule has 0 spiro atoms. The number of amides is 2. The number of carbonyl (C=O) groups is 2. The number of nitrogens with zero attached hydrogens (tertiary/aromatic N) is 2. The number of primary amides is 1. The molecular formula is C32H35Cl2N3O3. The minimum absolute atomic E-state index is 0.0519. The van der Waals surface area contributed by atoms with Crippen LogP contribution in [0.1, 0.15) is 47.7 Å². The van der Waals surface area contributed by atoms with Crippen LogP contribution in [0.4, 0.5) is 0 Å². The zero-order chi connectivity index (χ0) is 28.5. The maximum Gasteiger partial charge on any atom is 0.254 e. The molecular weight excluding hydrogens is 545 g/mol.